The summed E-state index contributed by atoms with van der Waals surface area (Å²) in [5.41, 5.74) is 3.14. The number of halogens is 2. The standard InChI is InChI=1S/C29H33ClFN3O4/c1-4-37-24-14-19(15-25(38-5-2)28(24)20-6-8-22(31)9-7-20)18-34-12-10-23(11-13-34)32-27-17-21(29(35)36-3)16-26(30)33-27/h6-9,14-17,23H,4-5,10-13,18H2,1-3H3,(H,32,33). The van der Waals surface area contributed by atoms with Crippen molar-refractivity contribution in [2.75, 3.05) is 38.7 Å². The number of anilines is 1. The van der Waals surface area contributed by atoms with E-state index in [4.69, 9.17) is 25.8 Å². The first-order valence-electron chi connectivity index (χ1n) is 12.8. The number of nitrogens with zero attached hydrogens (tertiary/aromatic N) is 2. The number of nitrogens with one attached hydrogen (secondary N) is 1. The highest BCUT2D eigenvalue weighted by molar-refractivity contribution is 6.29. The van der Waals surface area contributed by atoms with Crippen LogP contribution < -0.4 is 14.8 Å². The number of ether oxygens (including phenoxy) is 3. The molecule has 0 unspecified atom stereocenters. The molecule has 1 aromatic heterocycles. The summed E-state index contributed by atoms with van der Waals surface area (Å²) in [6, 6.07) is 13.9. The van der Waals surface area contributed by atoms with E-state index >= 15 is 0 Å². The molecule has 1 saturated heterocycles. The van der Waals surface area contributed by atoms with Crippen LogP contribution in [0.25, 0.3) is 11.1 Å². The van der Waals surface area contributed by atoms with E-state index in [0.717, 1.165) is 60.7 Å². The lowest BCUT2D eigenvalue weighted by molar-refractivity contribution is 0.0600. The van der Waals surface area contributed by atoms with Crippen LogP contribution in [0, 0.1) is 5.82 Å². The summed E-state index contributed by atoms with van der Waals surface area (Å²) in [6.07, 6.45) is 1.82. The van der Waals surface area contributed by atoms with Gasteiger partial charge in [-0.25, -0.2) is 14.2 Å². The molecule has 9 heteroatoms. The zero-order valence-corrected chi connectivity index (χ0v) is 22.7. The van der Waals surface area contributed by atoms with E-state index in [-0.39, 0.29) is 17.0 Å². The zero-order chi connectivity index (χ0) is 27.1. The van der Waals surface area contributed by atoms with E-state index in [9.17, 15) is 9.18 Å². The van der Waals surface area contributed by atoms with E-state index in [0.29, 0.717) is 24.6 Å². The lowest BCUT2D eigenvalue weighted by atomic mass is 9.99. The van der Waals surface area contributed by atoms with E-state index in [1.807, 2.05) is 13.8 Å². The SMILES string of the molecule is CCOc1cc(CN2CCC(Nc3cc(C(=O)OC)cc(Cl)n3)CC2)cc(OCC)c1-c1ccc(F)cc1. The van der Waals surface area contributed by atoms with Crippen LogP contribution in [0.4, 0.5) is 10.2 Å². The van der Waals surface area contributed by atoms with E-state index in [1.165, 1.54) is 25.3 Å². The Morgan fingerprint density at radius 2 is 1.68 bits per heavy atom. The molecule has 1 N–H and O–H groups in total. The Morgan fingerprint density at radius 1 is 1.05 bits per heavy atom. The van der Waals surface area contributed by atoms with Crippen molar-refractivity contribution in [2.24, 2.45) is 0 Å². The second kappa shape index (κ2) is 12.9. The molecule has 0 atom stereocenters. The van der Waals surface area contributed by atoms with Gasteiger partial charge in [0.2, 0.25) is 0 Å². The maximum Gasteiger partial charge on any atom is 0.338 e. The lowest BCUT2D eigenvalue weighted by Gasteiger charge is -2.33. The molecule has 3 aromatic rings. The van der Waals surface area contributed by atoms with Crippen LogP contribution in [0.1, 0.15) is 42.6 Å². The first kappa shape index (κ1) is 27.7. The average Bonchev–Trinajstić information content (AvgIpc) is 2.90. The number of likely N-dealkylation sites (tertiary alicyclic amines) is 1. The van der Waals surface area contributed by atoms with Crippen molar-refractivity contribution in [2.45, 2.75) is 39.3 Å². The molecule has 2 aromatic carbocycles. The van der Waals surface area contributed by atoms with Gasteiger partial charge in [0.25, 0.3) is 0 Å². The molecule has 0 amide bonds. The highest BCUT2D eigenvalue weighted by Gasteiger charge is 2.22. The number of carbonyl (C=O) groups is 1. The number of pyridine rings is 1. The number of piperidine rings is 1. The summed E-state index contributed by atoms with van der Waals surface area (Å²) < 4.78 is 30.4. The van der Waals surface area contributed by atoms with Crippen molar-refractivity contribution in [1.82, 2.24) is 9.88 Å². The molecule has 7 nitrogen and oxygen atoms in total. The van der Waals surface area contributed by atoms with Gasteiger partial charge >= 0.3 is 5.97 Å². The molecule has 0 aliphatic carbocycles. The summed E-state index contributed by atoms with van der Waals surface area (Å²) in [7, 11) is 1.34. The number of esters is 1. The van der Waals surface area contributed by atoms with Crippen molar-refractivity contribution >= 4 is 23.4 Å². The van der Waals surface area contributed by atoms with Crippen LogP contribution in [0.3, 0.4) is 0 Å². The molecule has 0 bridgehead atoms. The van der Waals surface area contributed by atoms with Crippen molar-refractivity contribution < 1.29 is 23.4 Å². The van der Waals surface area contributed by atoms with Gasteiger partial charge in [-0.05, 0) is 74.2 Å². The third-order valence-electron chi connectivity index (χ3n) is 6.42. The molecule has 1 fully saturated rings. The topological polar surface area (TPSA) is 72.9 Å². The Kier molecular flexibility index (Phi) is 9.42. The fraction of sp³-hybridized carbons (Fsp3) is 0.379. The smallest absolute Gasteiger partial charge is 0.338 e. The number of methoxy groups -OCH3 is 1. The van der Waals surface area contributed by atoms with Gasteiger partial charge in [0, 0.05) is 25.7 Å². The van der Waals surface area contributed by atoms with Gasteiger partial charge in [-0.15, -0.1) is 0 Å². The Hall–Kier alpha value is -3.36. The van der Waals surface area contributed by atoms with Crippen LogP contribution in [0.2, 0.25) is 5.15 Å². The minimum atomic E-state index is -0.449. The highest BCUT2D eigenvalue weighted by Crippen LogP contribution is 2.40. The molecule has 38 heavy (non-hydrogen) atoms. The van der Waals surface area contributed by atoms with E-state index < -0.39 is 5.97 Å². The first-order valence-corrected chi connectivity index (χ1v) is 13.2. The van der Waals surface area contributed by atoms with Crippen LogP contribution in [0.5, 0.6) is 11.5 Å². The van der Waals surface area contributed by atoms with Crippen LogP contribution in [-0.4, -0.2) is 55.3 Å². The second-order valence-corrected chi connectivity index (χ2v) is 9.48. The summed E-state index contributed by atoms with van der Waals surface area (Å²) >= 11 is 6.11. The van der Waals surface area contributed by atoms with Crippen molar-refractivity contribution in [3.8, 4) is 22.6 Å². The predicted molar refractivity (Wildman–Crippen MR) is 147 cm³/mol. The molecule has 4 rings (SSSR count). The largest absolute Gasteiger partial charge is 0.493 e. The number of benzene rings is 2. The van der Waals surface area contributed by atoms with E-state index in [1.54, 1.807) is 18.2 Å². The summed E-state index contributed by atoms with van der Waals surface area (Å²) in [6.45, 7) is 7.43. The average molecular weight is 542 g/mol. The Morgan fingerprint density at radius 3 is 2.26 bits per heavy atom. The fourth-order valence-corrected chi connectivity index (χ4v) is 4.89. The number of carbonyl (C=O) groups excluding carboxylic acids is 1. The molecule has 0 saturated carbocycles. The number of rotatable bonds is 10. The van der Waals surface area contributed by atoms with Crippen molar-refractivity contribution in [3.05, 3.63) is 70.6 Å². The van der Waals surface area contributed by atoms with Gasteiger partial charge in [0.1, 0.15) is 28.3 Å². The number of hydrogen-bond donors (Lipinski definition) is 1. The molecular weight excluding hydrogens is 509 g/mol. The lowest BCUT2D eigenvalue weighted by Crippen LogP contribution is -2.38. The fourth-order valence-electron chi connectivity index (χ4n) is 4.68. The quantitative estimate of drug-likeness (QED) is 0.242. The summed E-state index contributed by atoms with van der Waals surface area (Å²) in [5.74, 6) is 1.29. The third kappa shape index (κ3) is 6.94. The van der Waals surface area contributed by atoms with Crippen molar-refractivity contribution in [1.29, 1.82) is 0 Å². The predicted octanol–water partition coefficient (Wildman–Crippen LogP) is 6.20. The third-order valence-corrected chi connectivity index (χ3v) is 6.61. The Balaban J connectivity index is 1.45. The second-order valence-electron chi connectivity index (χ2n) is 9.09. The molecule has 202 valence electrons. The normalized spacial score (nSPS) is 14.2. The van der Waals surface area contributed by atoms with Gasteiger partial charge < -0.3 is 19.5 Å². The van der Waals surface area contributed by atoms with Crippen LogP contribution >= 0.6 is 11.6 Å². The maximum atomic E-state index is 13.6. The molecular formula is C29H33ClFN3O4. The Bertz CT molecular complexity index is 1220. The van der Waals surface area contributed by atoms with E-state index in [2.05, 4.69) is 27.3 Å². The number of aromatic nitrogens is 1. The minimum absolute atomic E-state index is 0.210. The molecule has 1 aliphatic heterocycles. The monoisotopic (exact) mass is 541 g/mol. The molecule has 0 radical (unpaired) electrons. The van der Waals surface area contributed by atoms with Crippen molar-refractivity contribution in [3.63, 3.8) is 0 Å². The van der Waals surface area contributed by atoms with Gasteiger partial charge in [-0.1, -0.05) is 23.7 Å². The maximum absolute atomic E-state index is 13.6. The van der Waals surface area contributed by atoms with Gasteiger partial charge in [-0.2, -0.15) is 0 Å². The van der Waals surface area contributed by atoms with Gasteiger partial charge in [0.05, 0.1) is 31.5 Å². The Labute approximate surface area is 227 Å². The van der Waals surface area contributed by atoms with Crippen LogP contribution in [-0.2, 0) is 11.3 Å². The molecule has 1 aliphatic rings. The first-order chi connectivity index (χ1) is 18.4. The van der Waals surface area contributed by atoms with Gasteiger partial charge in [-0.3, -0.25) is 4.90 Å². The van der Waals surface area contributed by atoms with Crippen LogP contribution in [0.15, 0.2) is 48.5 Å². The highest BCUT2D eigenvalue weighted by atomic mass is 35.5. The minimum Gasteiger partial charge on any atom is -0.493 e. The molecule has 2 heterocycles. The zero-order valence-electron chi connectivity index (χ0n) is 21.9. The summed E-state index contributed by atoms with van der Waals surface area (Å²) in [4.78, 5) is 18.6. The summed E-state index contributed by atoms with van der Waals surface area (Å²) in [5, 5.41) is 3.65. The number of hydrogen-bond acceptors (Lipinski definition) is 7. The molecule has 0 spiro atoms. The van der Waals surface area contributed by atoms with Gasteiger partial charge in [0.15, 0.2) is 0 Å².